The van der Waals surface area contributed by atoms with Gasteiger partial charge in [0.15, 0.2) is 11.6 Å². The van der Waals surface area contributed by atoms with E-state index in [-0.39, 0.29) is 30.3 Å². The number of hydrogen-bond acceptors (Lipinski definition) is 5. The number of nitrogens with zero attached hydrogens (tertiary/aromatic N) is 3. The van der Waals surface area contributed by atoms with Crippen LogP contribution in [0.1, 0.15) is 30.9 Å². The van der Waals surface area contributed by atoms with E-state index in [9.17, 15) is 24.3 Å². The maximum atomic E-state index is 13.3. The lowest BCUT2D eigenvalue weighted by Gasteiger charge is -2.39. The second-order valence-corrected chi connectivity index (χ2v) is 9.05. The molecule has 0 bridgehead atoms. The Bertz CT molecular complexity index is 1670. The highest BCUT2D eigenvalue weighted by Gasteiger charge is 2.45. The third-order valence-electron chi connectivity index (χ3n) is 7.26. The molecule has 3 aliphatic rings. The van der Waals surface area contributed by atoms with Crippen molar-refractivity contribution in [3.8, 4) is 5.75 Å². The second-order valence-electron chi connectivity index (χ2n) is 9.05. The first-order chi connectivity index (χ1) is 16.3. The summed E-state index contributed by atoms with van der Waals surface area (Å²) >= 11 is 0. The van der Waals surface area contributed by atoms with Crippen LogP contribution < -0.4 is 11.4 Å². The zero-order chi connectivity index (χ0) is 23.9. The molecular formula is C26H21N3O5. The summed E-state index contributed by atoms with van der Waals surface area (Å²) in [5.74, 6) is -1.20. The Balaban J connectivity index is 1.66. The molecule has 170 valence electrons. The molecular weight excluding hydrogens is 434 g/mol. The maximum Gasteiger partial charge on any atom is 0.347 e. The first kappa shape index (κ1) is 20.4. The molecule has 6 rings (SSSR count). The van der Waals surface area contributed by atoms with Crippen LogP contribution in [0.4, 0.5) is 0 Å². The molecule has 8 nitrogen and oxygen atoms in total. The molecule has 1 aromatic heterocycles. The number of carbonyl (C=O) groups is 2. The smallest absolute Gasteiger partial charge is 0.347 e. The third kappa shape index (κ3) is 2.53. The van der Waals surface area contributed by atoms with Crippen LogP contribution in [0.2, 0.25) is 0 Å². The number of rotatable bonds is 1. The normalized spacial score (nSPS) is 21.7. The van der Waals surface area contributed by atoms with Crippen LogP contribution >= 0.6 is 0 Å². The minimum absolute atomic E-state index is 0.0337. The number of phenols is 1. The van der Waals surface area contributed by atoms with Crippen molar-refractivity contribution in [3.63, 3.8) is 0 Å². The van der Waals surface area contributed by atoms with Crippen molar-refractivity contribution >= 4 is 22.3 Å². The van der Waals surface area contributed by atoms with Crippen molar-refractivity contribution in [1.82, 2.24) is 13.9 Å². The lowest BCUT2D eigenvalue weighted by atomic mass is 9.67. The standard InChI is InChI=1S/C26H21N3O5/c1-13-11-20(30)22-18(23(13)31)12-19-16(9-10-28-25(33)27(2)26(34)29(19)28)21(22)17-8-7-14-5-3-4-6-15(14)24(17)32/h3-9,11,19,21,32H,10,12H2,1-2H3/t19-,21-/m1/s1. The van der Waals surface area contributed by atoms with Gasteiger partial charge in [-0.05, 0) is 24.0 Å². The van der Waals surface area contributed by atoms with Gasteiger partial charge in [0.2, 0.25) is 0 Å². The summed E-state index contributed by atoms with van der Waals surface area (Å²) < 4.78 is 3.79. The van der Waals surface area contributed by atoms with Gasteiger partial charge in [-0.15, -0.1) is 0 Å². The third-order valence-corrected chi connectivity index (χ3v) is 7.26. The van der Waals surface area contributed by atoms with Crippen LogP contribution in [-0.4, -0.2) is 30.6 Å². The Labute approximate surface area is 193 Å². The van der Waals surface area contributed by atoms with Crippen molar-refractivity contribution in [3.05, 3.63) is 97.4 Å². The van der Waals surface area contributed by atoms with Gasteiger partial charge < -0.3 is 5.11 Å². The van der Waals surface area contributed by atoms with Gasteiger partial charge in [0, 0.05) is 47.1 Å². The van der Waals surface area contributed by atoms with Gasteiger partial charge in [-0.2, -0.15) is 0 Å². The van der Waals surface area contributed by atoms with E-state index in [0.717, 1.165) is 15.5 Å². The number of carbonyl (C=O) groups excluding carboxylic acids is 2. The summed E-state index contributed by atoms with van der Waals surface area (Å²) in [4.78, 5) is 52.1. The summed E-state index contributed by atoms with van der Waals surface area (Å²) in [5, 5.41) is 12.8. The topological polar surface area (TPSA) is 103 Å². The molecule has 2 heterocycles. The highest BCUT2D eigenvalue weighted by molar-refractivity contribution is 6.23. The van der Waals surface area contributed by atoms with E-state index >= 15 is 0 Å². The Morgan fingerprint density at radius 2 is 1.76 bits per heavy atom. The SMILES string of the molecule is CC1=CC(=O)C2=C(C[C@@H]3C(=CCn4c(=O)n(C)c(=O)n43)[C@@H]2c2ccc3ccccc3c2O)C1=O. The quantitative estimate of drug-likeness (QED) is 0.448. The Morgan fingerprint density at radius 3 is 2.56 bits per heavy atom. The van der Waals surface area contributed by atoms with Crippen molar-refractivity contribution < 1.29 is 14.7 Å². The number of benzene rings is 2. The van der Waals surface area contributed by atoms with Gasteiger partial charge >= 0.3 is 11.4 Å². The van der Waals surface area contributed by atoms with Crippen LogP contribution in [0.15, 0.2) is 80.4 Å². The largest absolute Gasteiger partial charge is 0.507 e. The van der Waals surface area contributed by atoms with Crippen molar-refractivity contribution in [2.45, 2.75) is 31.8 Å². The summed E-state index contributed by atoms with van der Waals surface area (Å²) in [6, 6.07) is 10.4. The van der Waals surface area contributed by atoms with Crippen LogP contribution in [0, 0.1) is 0 Å². The molecule has 34 heavy (non-hydrogen) atoms. The van der Waals surface area contributed by atoms with E-state index in [0.29, 0.717) is 27.7 Å². The molecule has 2 atom stereocenters. The molecule has 2 aromatic carbocycles. The van der Waals surface area contributed by atoms with Gasteiger partial charge in [-0.3, -0.25) is 9.59 Å². The number of aromatic hydroxyl groups is 1. The minimum Gasteiger partial charge on any atom is -0.507 e. The highest BCUT2D eigenvalue weighted by atomic mass is 16.3. The second kappa shape index (κ2) is 6.90. The van der Waals surface area contributed by atoms with E-state index < -0.39 is 23.3 Å². The Hall–Kier alpha value is -4.20. The summed E-state index contributed by atoms with van der Waals surface area (Å²) in [7, 11) is 1.42. The maximum absolute atomic E-state index is 13.3. The van der Waals surface area contributed by atoms with Gasteiger partial charge in [0.1, 0.15) is 5.75 Å². The molecule has 0 unspecified atom stereocenters. The first-order valence-electron chi connectivity index (χ1n) is 11.1. The summed E-state index contributed by atoms with van der Waals surface area (Å²) in [5.41, 5.74) is 1.32. The molecule has 0 saturated carbocycles. The monoisotopic (exact) mass is 455 g/mol. The van der Waals surface area contributed by atoms with E-state index in [1.807, 2.05) is 30.3 Å². The average molecular weight is 455 g/mol. The fourth-order valence-corrected chi connectivity index (χ4v) is 5.62. The predicted molar refractivity (Wildman–Crippen MR) is 125 cm³/mol. The number of Topliss-reactive ketones (excluding diaryl/α,β-unsaturated/α-hetero) is 1. The number of allylic oxidation sites excluding steroid dienone is 6. The van der Waals surface area contributed by atoms with E-state index in [4.69, 9.17) is 0 Å². The lowest BCUT2D eigenvalue weighted by Crippen LogP contribution is -2.40. The van der Waals surface area contributed by atoms with Gasteiger partial charge in [0.25, 0.3) is 0 Å². The molecule has 0 amide bonds. The number of hydrogen-bond donors (Lipinski definition) is 1. The molecule has 3 aromatic rings. The van der Waals surface area contributed by atoms with Gasteiger partial charge in [0.05, 0.1) is 12.6 Å². The van der Waals surface area contributed by atoms with E-state index in [1.54, 1.807) is 19.1 Å². The van der Waals surface area contributed by atoms with Gasteiger partial charge in [-0.25, -0.2) is 23.5 Å². The first-order valence-corrected chi connectivity index (χ1v) is 11.1. The molecule has 1 aliphatic heterocycles. The minimum atomic E-state index is -0.713. The molecule has 8 heteroatoms. The zero-order valence-electron chi connectivity index (χ0n) is 18.6. The van der Waals surface area contributed by atoms with Crippen LogP contribution in [0.5, 0.6) is 5.75 Å². The average Bonchev–Trinajstić information content (AvgIpc) is 3.06. The molecule has 0 fully saturated rings. The van der Waals surface area contributed by atoms with E-state index in [2.05, 4.69) is 0 Å². The molecule has 2 aliphatic carbocycles. The van der Waals surface area contributed by atoms with Crippen LogP contribution in [-0.2, 0) is 23.2 Å². The fourth-order valence-electron chi connectivity index (χ4n) is 5.62. The number of ketones is 2. The Morgan fingerprint density at radius 1 is 1.00 bits per heavy atom. The van der Waals surface area contributed by atoms with Gasteiger partial charge in [-0.1, -0.05) is 42.5 Å². The fraction of sp³-hybridized carbons (Fsp3) is 0.231. The van der Waals surface area contributed by atoms with Crippen LogP contribution in [0.3, 0.4) is 0 Å². The van der Waals surface area contributed by atoms with Crippen molar-refractivity contribution in [1.29, 1.82) is 0 Å². The molecule has 0 radical (unpaired) electrons. The van der Waals surface area contributed by atoms with Crippen LogP contribution in [0.25, 0.3) is 10.8 Å². The molecule has 0 saturated heterocycles. The van der Waals surface area contributed by atoms with Crippen molar-refractivity contribution in [2.75, 3.05) is 0 Å². The van der Waals surface area contributed by atoms with E-state index in [1.165, 1.54) is 22.5 Å². The number of aromatic nitrogens is 3. The lowest BCUT2D eigenvalue weighted by molar-refractivity contribution is -0.116. The highest BCUT2D eigenvalue weighted by Crippen LogP contribution is 2.52. The summed E-state index contributed by atoms with van der Waals surface area (Å²) in [6.45, 7) is 1.76. The zero-order valence-corrected chi connectivity index (χ0v) is 18.6. The predicted octanol–water partition coefficient (Wildman–Crippen LogP) is 2.27. The molecule has 0 spiro atoms. The number of phenolic OH excluding ortho intramolecular Hbond substituents is 1. The Kier molecular flexibility index (Phi) is 4.14. The number of fused-ring (bicyclic) bond motifs is 4. The summed E-state index contributed by atoms with van der Waals surface area (Å²) in [6.07, 6.45) is 3.32. The van der Waals surface area contributed by atoms with Crippen molar-refractivity contribution in [2.24, 2.45) is 7.05 Å². The molecule has 1 N–H and O–H groups in total.